The van der Waals surface area contributed by atoms with Gasteiger partial charge in [0.1, 0.15) is 0 Å². The van der Waals surface area contributed by atoms with Gasteiger partial charge in [0.25, 0.3) is 5.56 Å². The maximum absolute atomic E-state index is 12.7. The first-order valence-electron chi connectivity index (χ1n) is 7.08. The lowest BCUT2D eigenvalue weighted by Gasteiger charge is -2.20. The van der Waals surface area contributed by atoms with Crippen LogP contribution in [0.4, 0.5) is 0 Å². The second-order valence-corrected chi connectivity index (χ2v) is 5.25. The van der Waals surface area contributed by atoms with Gasteiger partial charge in [0.2, 0.25) is 0 Å². The normalized spacial score (nSPS) is 14.0. The van der Waals surface area contributed by atoms with Crippen LogP contribution in [-0.4, -0.2) is 4.57 Å². The average Bonchev–Trinajstić information content (AvgIpc) is 2.47. The van der Waals surface area contributed by atoms with Crippen LogP contribution < -0.4 is 11.3 Å². The highest BCUT2D eigenvalue weighted by Crippen LogP contribution is 2.18. The molecule has 0 aliphatic carbocycles. The molecule has 106 valence electrons. The third-order valence-corrected chi connectivity index (χ3v) is 3.88. The lowest BCUT2D eigenvalue weighted by atomic mass is 10.00. The van der Waals surface area contributed by atoms with E-state index in [1.54, 1.807) is 0 Å². The van der Waals surface area contributed by atoms with Crippen molar-refractivity contribution < 1.29 is 0 Å². The van der Waals surface area contributed by atoms with E-state index in [4.69, 9.17) is 5.73 Å². The maximum atomic E-state index is 12.7. The van der Waals surface area contributed by atoms with Crippen LogP contribution in [0.25, 0.3) is 0 Å². The van der Waals surface area contributed by atoms with E-state index in [1.165, 1.54) is 0 Å². The Bertz CT molecular complexity index is 631. The van der Waals surface area contributed by atoms with Crippen molar-refractivity contribution in [2.45, 2.75) is 39.3 Å². The van der Waals surface area contributed by atoms with E-state index in [0.717, 1.165) is 17.7 Å². The number of pyridine rings is 1. The molecule has 3 heteroatoms. The van der Waals surface area contributed by atoms with Crippen LogP contribution in [0.2, 0.25) is 0 Å². The Morgan fingerprint density at radius 3 is 2.40 bits per heavy atom. The number of nitrogens with zero attached hydrogens (tertiary/aromatic N) is 1. The molecule has 0 amide bonds. The lowest BCUT2D eigenvalue weighted by molar-refractivity contribution is 0.497. The van der Waals surface area contributed by atoms with Crippen LogP contribution in [0.1, 0.15) is 49.2 Å². The van der Waals surface area contributed by atoms with Gasteiger partial charge in [-0.2, -0.15) is 0 Å². The molecule has 0 aliphatic heterocycles. The fourth-order valence-corrected chi connectivity index (χ4v) is 2.47. The number of benzene rings is 1. The highest BCUT2D eigenvalue weighted by atomic mass is 16.1. The molecular formula is C17H22N2O. The summed E-state index contributed by atoms with van der Waals surface area (Å²) in [6.07, 6.45) is 0.921. The Morgan fingerprint density at radius 2 is 1.80 bits per heavy atom. The van der Waals surface area contributed by atoms with Crippen molar-refractivity contribution in [3.05, 3.63) is 69.6 Å². The van der Waals surface area contributed by atoms with Crippen molar-refractivity contribution >= 4 is 0 Å². The van der Waals surface area contributed by atoms with E-state index in [2.05, 4.69) is 13.8 Å². The van der Waals surface area contributed by atoms with Gasteiger partial charge >= 0.3 is 0 Å². The minimum absolute atomic E-state index is 0.0238. The molecule has 2 aromatic rings. The molecule has 20 heavy (non-hydrogen) atoms. The third-order valence-electron chi connectivity index (χ3n) is 3.88. The number of rotatable bonds is 4. The number of aryl methyl sites for hydroxylation is 1. The Balaban J connectivity index is 2.51. The molecule has 1 aromatic heterocycles. The molecule has 2 unspecified atom stereocenters. The number of aromatic nitrogens is 1. The van der Waals surface area contributed by atoms with Gasteiger partial charge in [-0.25, -0.2) is 0 Å². The number of hydrogen-bond donors (Lipinski definition) is 1. The summed E-state index contributed by atoms with van der Waals surface area (Å²) < 4.78 is 1.85. The van der Waals surface area contributed by atoms with E-state index in [9.17, 15) is 4.79 Å². The van der Waals surface area contributed by atoms with Crippen molar-refractivity contribution in [3.63, 3.8) is 0 Å². The summed E-state index contributed by atoms with van der Waals surface area (Å²) in [5.41, 5.74) is 8.89. The SMILES string of the molecule is CCC(C)n1c(C)ccc(C(N)c2ccccc2)c1=O. The van der Waals surface area contributed by atoms with Crippen molar-refractivity contribution in [2.75, 3.05) is 0 Å². The molecule has 1 aromatic carbocycles. The predicted octanol–water partition coefficient (Wildman–Crippen LogP) is 3.18. The fraction of sp³-hybridized carbons (Fsp3) is 0.353. The molecule has 0 radical (unpaired) electrons. The van der Waals surface area contributed by atoms with Gasteiger partial charge in [-0.1, -0.05) is 37.3 Å². The molecule has 3 nitrogen and oxygen atoms in total. The zero-order valence-corrected chi connectivity index (χ0v) is 12.3. The van der Waals surface area contributed by atoms with E-state index < -0.39 is 0 Å². The van der Waals surface area contributed by atoms with Gasteiger partial charge in [-0.15, -0.1) is 0 Å². The highest BCUT2D eigenvalue weighted by Gasteiger charge is 2.16. The zero-order valence-electron chi connectivity index (χ0n) is 12.3. The van der Waals surface area contributed by atoms with Gasteiger partial charge < -0.3 is 10.3 Å². The summed E-state index contributed by atoms with van der Waals surface area (Å²) in [6.45, 7) is 6.11. The van der Waals surface area contributed by atoms with E-state index in [1.807, 2.05) is 54.0 Å². The Morgan fingerprint density at radius 1 is 1.15 bits per heavy atom. The van der Waals surface area contributed by atoms with Crippen LogP contribution in [0.3, 0.4) is 0 Å². The molecule has 0 spiro atoms. The summed E-state index contributed by atoms with van der Waals surface area (Å²) >= 11 is 0. The van der Waals surface area contributed by atoms with Gasteiger partial charge in [0.15, 0.2) is 0 Å². The second kappa shape index (κ2) is 6.06. The topological polar surface area (TPSA) is 48.0 Å². The second-order valence-electron chi connectivity index (χ2n) is 5.25. The minimum Gasteiger partial charge on any atom is -0.320 e. The standard InChI is InChI=1S/C17H22N2O/c1-4-12(2)19-13(3)10-11-15(17(19)20)16(18)14-8-6-5-7-9-14/h5-12,16H,4,18H2,1-3H3. The molecule has 0 fully saturated rings. The van der Waals surface area contributed by atoms with Crippen LogP contribution in [0, 0.1) is 6.92 Å². The first-order valence-corrected chi connectivity index (χ1v) is 7.08. The highest BCUT2D eigenvalue weighted by molar-refractivity contribution is 5.30. The molecule has 2 atom stereocenters. The summed E-state index contributed by atoms with van der Waals surface area (Å²) in [7, 11) is 0. The molecule has 1 heterocycles. The Hall–Kier alpha value is -1.87. The zero-order chi connectivity index (χ0) is 14.7. The van der Waals surface area contributed by atoms with E-state index in [-0.39, 0.29) is 17.6 Å². The van der Waals surface area contributed by atoms with Gasteiger partial charge in [-0.05, 0) is 38.0 Å². The summed E-state index contributed by atoms with van der Waals surface area (Å²) in [6, 6.07) is 13.4. The fourth-order valence-electron chi connectivity index (χ4n) is 2.47. The molecule has 2 rings (SSSR count). The lowest BCUT2D eigenvalue weighted by Crippen LogP contribution is -2.31. The first kappa shape index (κ1) is 14.5. The molecule has 0 saturated heterocycles. The number of hydrogen-bond acceptors (Lipinski definition) is 2. The summed E-state index contributed by atoms with van der Waals surface area (Å²) in [5, 5.41) is 0. The van der Waals surface area contributed by atoms with Crippen LogP contribution >= 0.6 is 0 Å². The van der Waals surface area contributed by atoms with E-state index in [0.29, 0.717) is 5.56 Å². The van der Waals surface area contributed by atoms with Gasteiger partial charge in [0.05, 0.1) is 6.04 Å². The van der Waals surface area contributed by atoms with Crippen molar-refractivity contribution in [1.29, 1.82) is 0 Å². The van der Waals surface area contributed by atoms with Gasteiger partial charge in [0, 0.05) is 17.3 Å². The van der Waals surface area contributed by atoms with Crippen LogP contribution in [-0.2, 0) is 0 Å². The largest absolute Gasteiger partial charge is 0.320 e. The minimum atomic E-state index is -0.375. The van der Waals surface area contributed by atoms with Gasteiger partial charge in [-0.3, -0.25) is 4.79 Å². The van der Waals surface area contributed by atoms with Crippen LogP contribution in [0.5, 0.6) is 0 Å². The third kappa shape index (κ3) is 2.68. The molecule has 0 saturated carbocycles. The van der Waals surface area contributed by atoms with Crippen molar-refractivity contribution in [3.8, 4) is 0 Å². The smallest absolute Gasteiger partial charge is 0.256 e. The summed E-state index contributed by atoms with van der Waals surface area (Å²) in [5.74, 6) is 0. The average molecular weight is 270 g/mol. The maximum Gasteiger partial charge on any atom is 0.256 e. The van der Waals surface area contributed by atoms with Crippen molar-refractivity contribution in [2.24, 2.45) is 5.73 Å². The number of nitrogens with two attached hydrogens (primary N) is 1. The monoisotopic (exact) mass is 270 g/mol. The quantitative estimate of drug-likeness (QED) is 0.927. The predicted molar refractivity (Wildman–Crippen MR) is 82.9 cm³/mol. The molecule has 0 bridgehead atoms. The van der Waals surface area contributed by atoms with Crippen molar-refractivity contribution in [1.82, 2.24) is 4.57 Å². The van der Waals surface area contributed by atoms with Crippen LogP contribution in [0.15, 0.2) is 47.3 Å². The first-order chi connectivity index (χ1) is 9.56. The Labute approximate surface area is 120 Å². The summed E-state index contributed by atoms with van der Waals surface area (Å²) in [4.78, 5) is 12.7. The molecular weight excluding hydrogens is 248 g/mol. The molecule has 2 N–H and O–H groups in total. The molecule has 0 aliphatic rings. The Kier molecular flexibility index (Phi) is 4.40. The van der Waals surface area contributed by atoms with E-state index >= 15 is 0 Å².